The zero-order chi connectivity index (χ0) is 13.5. The molecule has 1 heterocycles. The first-order chi connectivity index (χ1) is 9.25. The Bertz CT molecular complexity index is 360. The minimum Gasteiger partial charge on any atom is -0.314 e. The zero-order valence-electron chi connectivity index (χ0n) is 12.3. The van der Waals surface area contributed by atoms with Crippen molar-refractivity contribution in [1.29, 1.82) is 0 Å². The van der Waals surface area contributed by atoms with Gasteiger partial charge in [-0.3, -0.25) is 0 Å². The van der Waals surface area contributed by atoms with E-state index in [0.29, 0.717) is 0 Å². The summed E-state index contributed by atoms with van der Waals surface area (Å²) < 4.78 is 0. The molecule has 0 saturated heterocycles. The van der Waals surface area contributed by atoms with Crippen LogP contribution < -0.4 is 5.32 Å². The van der Waals surface area contributed by atoms with E-state index < -0.39 is 0 Å². The molecule has 2 rings (SSSR count). The monoisotopic (exact) mass is 281 g/mol. The second-order valence-corrected chi connectivity index (χ2v) is 6.68. The SMILES string of the molecule is Cc1ncsc1CN(C)CCCCCCNC1CC1. The topological polar surface area (TPSA) is 28.2 Å². The van der Waals surface area contributed by atoms with E-state index in [4.69, 9.17) is 0 Å². The van der Waals surface area contributed by atoms with Crippen LogP contribution in [0, 0.1) is 6.92 Å². The molecule has 108 valence electrons. The van der Waals surface area contributed by atoms with Crippen LogP contribution in [0.3, 0.4) is 0 Å². The highest BCUT2D eigenvalue weighted by Gasteiger charge is 2.19. The van der Waals surface area contributed by atoms with Crippen LogP contribution in [-0.2, 0) is 6.54 Å². The summed E-state index contributed by atoms with van der Waals surface area (Å²) in [5, 5.41) is 3.58. The molecule has 1 aromatic rings. The second kappa shape index (κ2) is 7.98. The predicted molar refractivity (Wildman–Crippen MR) is 82.7 cm³/mol. The van der Waals surface area contributed by atoms with Gasteiger partial charge in [-0.15, -0.1) is 11.3 Å². The number of nitrogens with zero attached hydrogens (tertiary/aromatic N) is 2. The Morgan fingerprint density at radius 3 is 2.79 bits per heavy atom. The van der Waals surface area contributed by atoms with Gasteiger partial charge < -0.3 is 10.2 Å². The molecule has 0 amide bonds. The molecule has 3 nitrogen and oxygen atoms in total. The molecule has 0 unspecified atom stereocenters. The van der Waals surface area contributed by atoms with Gasteiger partial charge in [-0.05, 0) is 52.7 Å². The van der Waals surface area contributed by atoms with Gasteiger partial charge in [0.15, 0.2) is 0 Å². The summed E-state index contributed by atoms with van der Waals surface area (Å²) in [5.41, 5.74) is 3.15. The summed E-state index contributed by atoms with van der Waals surface area (Å²) in [5.74, 6) is 0. The first-order valence-electron chi connectivity index (χ1n) is 7.56. The maximum Gasteiger partial charge on any atom is 0.0798 e. The Labute approximate surface area is 121 Å². The van der Waals surface area contributed by atoms with Crippen molar-refractivity contribution in [2.45, 2.75) is 58.0 Å². The van der Waals surface area contributed by atoms with Gasteiger partial charge in [0, 0.05) is 17.5 Å². The third-order valence-corrected chi connectivity index (χ3v) is 4.66. The Morgan fingerprint density at radius 2 is 2.11 bits per heavy atom. The Hall–Kier alpha value is -0.450. The third kappa shape index (κ3) is 6.02. The third-order valence-electron chi connectivity index (χ3n) is 3.74. The lowest BCUT2D eigenvalue weighted by molar-refractivity contribution is 0.318. The van der Waals surface area contributed by atoms with Gasteiger partial charge in [-0.1, -0.05) is 12.8 Å². The quantitative estimate of drug-likeness (QED) is 0.668. The lowest BCUT2D eigenvalue weighted by Crippen LogP contribution is -2.19. The fraction of sp³-hybridized carbons (Fsp3) is 0.800. The van der Waals surface area contributed by atoms with E-state index in [1.165, 1.54) is 62.2 Å². The molecule has 1 aliphatic rings. The van der Waals surface area contributed by atoms with Crippen LogP contribution in [0.5, 0.6) is 0 Å². The predicted octanol–water partition coefficient (Wildman–Crippen LogP) is 3.20. The van der Waals surface area contributed by atoms with Crippen molar-refractivity contribution in [3.05, 3.63) is 16.1 Å². The lowest BCUT2D eigenvalue weighted by Gasteiger charge is -2.15. The summed E-state index contributed by atoms with van der Waals surface area (Å²) >= 11 is 1.78. The van der Waals surface area contributed by atoms with Crippen molar-refractivity contribution in [2.24, 2.45) is 0 Å². The molecule has 0 spiro atoms. The van der Waals surface area contributed by atoms with E-state index in [9.17, 15) is 0 Å². The molecule has 1 fully saturated rings. The molecular formula is C15H27N3S. The molecule has 0 bridgehead atoms. The normalized spacial score (nSPS) is 15.3. The van der Waals surface area contributed by atoms with Crippen LogP contribution in [0.4, 0.5) is 0 Å². The Morgan fingerprint density at radius 1 is 1.32 bits per heavy atom. The van der Waals surface area contributed by atoms with Gasteiger partial charge in [0.1, 0.15) is 0 Å². The number of unbranched alkanes of at least 4 members (excludes halogenated alkanes) is 3. The van der Waals surface area contributed by atoms with Crippen LogP contribution in [0.25, 0.3) is 0 Å². The van der Waals surface area contributed by atoms with Crippen LogP contribution in [0.2, 0.25) is 0 Å². The highest BCUT2D eigenvalue weighted by atomic mass is 32.1. The molecular weight excluding hydrogens is 254 g/mol. The first kappa shape index (κ1) is 14.9. The molecule has 1 N–H and O–H groups in total. The number of aryl methyl sites for hydroxylation is 1. The molecule has 4 heteroatoms. The van der Waals surface area contributed by atoms with Gasteiger partial charge in [0.05, 0.1) is 11.2 Å². The standard InChI is InChI=1S/C15H27N3S/c1-13-15(19-12-17-13)11-18(2)10-6-4-3-5-9-16-14-7-8-14/h12,14,16H,3-11H2,1-2H3. The fourth-order valence-corrected chi connectivity index (χ4v) is 3.11. The van der Waals surface area contributed by atoms with Crippen molar-refractivity contribution >= 4 is 11.3 Å². The summed E-state index contributed by atoms with van der Waals surface area (Å²) in [7, 11) is 2.22. The lowest BCUT2D eigenvalue weighted by atomic mass is 10.2. The zero-order valence-corrected chi connectivity index (χ0v) is 13.1. The van der Waals surface area contributed by atoms with E-state index in [2.05, 4.69) is 29.2 Å². The van der Waals surface area contributed by atoms with Crippen molar-refractivity contribution in [1.82, 2.24) is 15.2 Å². The van der Waals surface area contributed by atoms with E-state index in [-0.39, 0.29) is 0 Å². The van der Waals surface area contributed by atoms with Crippen molar-refractivity contribution < 1.29 is 0 Å². The summed E-state index contributed by atoms with van der Waals surface area (Å²) in [6.07, 6.45) is 8.20. The Kier molecular flexibility index (Phi) is 6.28. The van der Waals surface area contributed by atoms with E-state index in [1.807, 2.05) is 5.51 Å². The largest absolute Gasteiger partial charge is 0.314 e. The number of hydrogen-bond donors (Lipinski definition) is 1. The minimum atomic E-state index is 0.869. The van der Waals surface area contributed by atoms with Gasteiger partial charge in [-0.2, -0.15) is 0 Å². The second-order valence-electron chi connectivity index (χ2n) is 5.74. The van der Waals surface area contributed by atoms with E-state index in [1.54, 1.807) is 11.3 Å². The average molecular weight is 281 g/mol. The van der Waals surface area contributed by atoms with E-state index in [0.717, 1.165) is 12.6 Å². The van der Waals surface area contributed by atoms with E-state index >= 15 is 0 Å². The highest BCUT2D eigenvalue weighted by Crippen LogP contribution is 2.18. The number of thiazole rings is 1. The fourth-order valence-electron chi connectivity index (χ4n) is 2.26. The van der Waals surface area contributed by atoms with Crippen LogP contribution in [0.15, 0.2) is 5.51 Å². The maximum absolute atomic E-state index is 4.30. The molecule has 0 atom stereocenters. The number of rotatable bonds is 10. The van der Waals surface area contributed by atoms with Crippen molar-refractivity contribution in [2.75, 3.05) is 20.1 Å². The Balaban J connectivity index is 1.44. The van der Waals surface area contributed by atoms with Gasteiger partial charge in [0.25, 0.3) is 0 Å². The van der Waals surface area contributed by atoms with Crippen LogP contribution in [-0.4, -0.2) is 36.1 Å². The maximum atomic E-state index is 4.30. The van der Waals surface area contributed by atoms with Crippen LogP contribution >= 0.6 is 11.3 Å². The smallest absolute Gasteiger partial charge is 0.0798 e. The summed E-state index contributed by atoms with van der Waals surface area (Å²) in [6.45, 7) is 5.58. The molecule has 19 heavy (non-hydrogen) atoms. The van der Waals surface area contributed by atoms with Crippen molar-refractivity contribution in [3.8, 4) is 0 Å². The molecule has 0 radical (unpaired) electrons. The molecule has 1 saturated carbocycles. The minimum absolute atomic E-state index is 0.869. The first-order valence-corrected chi connectivity index (χ1v) is 8.44. The number of hydrogen-bond acceptors (Lipinski definition) is 4. The number of nitrogens with one attached hydrogen (secondary N) is 1. The molecule has 1 aromatic heterocycles. The summed E-state index contributed by atoms with van der Waals surface area (Å²) in [6, 6.07) is 0.869. The molecule has 1 aliphatic carbocycles. The van der Waals surface area contributed by atoms with Crippen LogP contribution in [0.1, 0.15) is 49.1 Å². The van der Waals surface area contributed by atoms with Gasteiger partial charge in [-0.25, -0.2) is 4.98 Å². The molecule has 0 aliphatic heterocycles. The molecule has 0 aromatic carbocycles. The van der Waals surface area contributed by atoms with Gasteiger partial charge >= 0.3 is 0 Å². The average Bonchev–Trinajstić information content (AvgIpc) is 3.13. The number of aromatic nitrogens is 1. The summed E-state index contributed by atoms with van der Waals surface area (Å²) in [4.78, 5) is 8.14. The van der Waals surface area contributed by atoms with Crippen molar-refractivity contribution in [3.63, 3.8) is 0 Å². The van der Waals surface area contributed by atoms with Gasteiger partial charge in [0.2, 0.25) is 0 Å². The highest BCUT2D eigenvalue weighted by molar-refractivity contribution is 7.09.